The van der Waals surface area contributed by atoms with Crippen molar-refractivity contribution >= 4 is 23.7 Å². The van der Waals surface area contributed by atoms with Crippen molar-refractivity contribution < 1.29 is 24.2 Å². The number of ether oxygens (including phenoxy) is 1. The zero-order valence-electron chi connectivity index (χ0n) is 19.3. The third-order valence-electron chi connectivity index (χ3n) is 6.98. The molecule has 5 rings (SSSR count). The van der Waals surface area contributed by atoms with Crippen LogP contribution in [0.2, 0.25) is 0 Å². The van der Waals surface area contributed by atoms with Gasteiger partial charge in [0.25, 0.3) is 0 Å². The Hall–Kier alpha value is -4.13. The summed E-state index contributed by atoms with van der Waals surface area (Å²) in [7, 11) is 0. The Morgan fingerprint density at radius 2 is 1.60 bits per heavy atom. The Morgan fingerprint density at radius 1 is 0.971 bits per heavy atom. The first-order valence-corrected chi connectivity index (χ1v) is 11.6. The number of nitrogens with one attached hydrogen (secondary N) is 2. The first-order chi connectivity index (χ1) is 16.9. The fourth-order valence-electron chi connectivity index (χ4n) is 4.67. The number of hydrogen-bond donors (Lipinski definition) is 3. The molecule has 0 atom stereocenters. The van der Waals surface area contributed by atoms with Gasteiger partial charge in [-0.2, -0.15) is 0 Å². The van der Waals surface area contributed by atoms with Crippen LogP contribution in [0.1, 0.15) is 45.8 Å². The molecular formula is C28H26N2O5. The molecule has 0 radical (unpaired) electrons. The van der Waals surface area contributed by atoms with Crippen molar-refractivity contribution in [1.29, 1.82) is 0 Å². The number of carboxylic acid groups (broad SMARTS) is 1. The highest BCUT2D eigenvalue weighted by Crippen LogP contribution is 2.46. The lowest BCUT2D eigenvalue weighted by atomic mass is 9.98. The molecule has 0 bridgehead atoms. The summed E-state index contributed by atoms with van der Waals surface area (Å²) >= 11 is 0. The Morgan fingerprint density at radius 3 is 2.20 bits per heavy atom. The Bertz CT molecular complexity index is 1280. The molecule has 0 unspecified atom stereocenters. The average molecular weight is 471 g/mol. The number of carboxylic acids is 1. The van der Waals surface area contributed by atoms with Crippen LogP contribution in [0.4, 0.5) is 10.5 Å². The highest BCUT2D eigenvalue weighted by atomic mass is 16.5. The van der Waals surface area contributed by atoms with Gasteiger partial charge >= 0.3 is 12.1 Å². The maximum absolute atomic E-state index is 12.9. The van der Waals surface area contributed by atoms with Gasteiger partial charge in [-0.25, -0.2) is 9.59 Å². The first-order valence-electron chi connectivity index (χ1n) is 11.6. The number of rotatable bonds is 7. The minimum absolute atomic E-state index is 0.0316. The molecule has 0 spiro atoms. The molecule has 7 heteroatoms. The van der Waals surface area contributed by atoms with Crippen LogP contribution < -0.4 is 10.6 Å². The van der Waals surface area contributed by atoms with Gasteiger partial charge in [0.05, 0.1) is 11.0 Å². The molecule has 0 heterocycles. The van der Waals surface area contributed by atoms with E-state index in [2.05, 4.69) is 34.9 Å². The van der Waals surface area contributed by atoms with Crippen molar-refractivity contribution in [3.8, 4) is 11.1 Å². The molecule has 1 fully saturated rings. The number of amides is 2. The Labute approximate surface area is 203 Å². The summed E-state index contributed by atoms with van der Waals surface area (Å²) in [5.74, 6) is -1.32. The molecule has 7 nitrogen and oxygen atoms in total. The second-order valence-corrected chi connectivity index (χ2v) is 9.25. The minimum Gasteiger partial charge on any atom is -0.478 e. The lowest BCUT2D eigenvalue weighted by Crippen LogP contribution is -2.37. The van der Waals surface area contributed by atoms with Crippen LogP contribution in [0.25, 0.3) is 11.1 Å². The Kier molecular flexibility index (Phi) is 5.76. The van der Waals surface area contributed by atoms with E-state index >= 15 is 0 Å². The lowest BCUT2D eigenvalue weighted by Gasteiger charge is -2.18. The molecule has 2 aliphatic carbocycles. The summed E-state index contributed by atoms with van der Waals surface area (Å²) < 4.78 is 5.58. The number of aromatic carboxylic acids is 1. The summed E-state index contributed by atoms with van der Waals surface area (Å²) in [4.78, 5) is 36.7. The standard InChI is InChI=1S/C28H26N2O5/c1-17-10-11-18(25(31)32)14-24(17)30-26(33)28(12-13-28)16-29-27(34)35-15-23-21-8-4-2-6-19(21)20-7-3-5-9-22(20)23/h2-11,14,23H,12-13,15-16H2,1H3,(H,29,34)(H,30,33)(H,31,32). The molecule has 0 aromatic heterocycles. The number of aryl methyl sites for hydroxylation is 1. The third kappa shape index (κ3) is 4.37. The van der Waals surface area contributed by atoms with Gasteiger partial charge in [0.15, 0.2) is 0 Å². The maximum Gasteiger partial charge on any atom is 0.407 e. The SMILES string of the molecule is Cc1ccc(C(=O)O)cc1NC(=O)C1(CNC(=O)OCC2c3ccccc3-c3ccccc32)CC1. The number of alkyl carbamates (subject to hydrolysis) is 1. The minimum atomic E-state index is -1.06. The normalized spacial score (nSPS) is 15.0. The van der Waals surface area contributed by atoms with Crippen molar-refractivity contribution in [3.63, 3.8) is 0 Å². The van der Waals surface area contributed by atoms with Crippen molar-refractivity contribution in [1.82, 2.24) is 5.32 Å². The summed E-state index contributed by atoms with van der Waals surface area (Å²) in [6.45, 7) is 2.17. The van der Waals surface area contributed by atoms with Gasteiger partial charge in [-0.1, -0.05) is 54.6 Å². The second-order valence-electron chi connectivity index (χ2n) is 9.25. The zero-order chi connectivity index (χ0) is 24.6. The molecule has 3 aromatic carbocycles. The fraction of sp³-hybridized carbons (Fsp3) is 0.250. The van der Waals surface area contributed by atoms with E-state index in [4.69, 9.17) is 4.74 Å². The number of carbonyl (C=O) groups excluding carboxylic acids is 2. The van der Waals surface area contributed by atoms with Crippen LogP contribution in [-0.2, 0) is 9.53 Å². The van der Waals surface area contributed by atoms with Crippen LogP contribution in [-0.4, -0.2) is 36.2 Å². The first kappa shape index (κ1) is 22.7. The molecule has 0 aliphatic heterocycles. The van der Waals surface area contributed by atoms with Gasteiger partial charge in [-0.05, 0) is 59.7 Å². The molecule has 178 valence electrons. The molecular weight excluding hydrogens is 444 g/mol. The maximum atomic E-state index is 12.9. The van der Waals surface area contributed by atoms with Crippen LogP contribution >= 0.6 is 0 Å². The second kappa shape index (κ2) is 8.91. The number of hydrogen-bond acceptors (Lipinski definition) is 4. The van der Waals surface area contributed by atoms with Crippen LogP contribution in [0, 0.1) is 12.3 Å². The number of anilines is 1. The third-order valence-corrected chi connectivity index (χ3v) is 6.98. The largest absolute Gasteiger partial charge is 0.478 e. The zero-order valence-corrected chi connectivity index (χ0v) is 19.3. The predicted octanol–water partition coefficient (Wildman–Crippen LogP) is 4.95. The quantitative estimate of drug-likeness (QED) is 0.453. The average Bonchev–Trinajstić information content (AvgIpc) is 3.59. The van der Waals surface area contributed by atoms with Crippen LogP contribution in [0.15, 0.2) is 66.7 Å². The van der Waals surface area contributed by atoms with E-state index in [1.807, 2.05) is 24.3 Å². The van der Waals surface area contributed by atoms with E-state index in [1.165, 1.54) is 12.1 Å². The van der Waals surface area contributed by atoms with E-state index in [-0.39, 0.29) is 30.5 Å². The van der Waals surface area contributed by atoms with Crippen LogP contribution in [0.5, 0.6) is 0 Å². The van der Waals surface area contributed by atoms with E-state index in [0.29, 0.717) is 18.5 Å². The fourth-order valence-corrected chi connectivity index (χ4v) is 4.67. The van der Waals surface area contributed by atoms with Crippen molar-refractivity contribution in [2.24, 2.45) is 5.41 Å². The van der Waals surface area contributed by atoms with Crippen molar-refractivity contribution in [2.45, 2.75) is 25.7 Å². The highest BCUT2D eigenvalue weighted by molar-refractivity contribution is 5.99. The summed E-state index contributed by atoms with van der Waals surface area (Å²) in [5, 5.41) is 14.8. The van der Waals surface area contributed by atoms with Crippen molar-refractivity contribution in [3.05, 3.63) is 89.0 Å². The van der Waals surface area contributed by atoms with E-state index in [1.54, 1.807) is 13.0 Å². The molecule has 0 saturated heterocycles. The molecule has 35 heavy (non-hydrogen) atoms. The molecule has 2 amide bonds. The summed E-state index contributed by atoms with van der Waals surface area (Å²) in [6, 6.07) is 20.9. The number of fused-ring (bicyclic) bond motifs is 3. The summed E-state index contributed by atoms with van der Waals surface area (Å²) in [5.41, 5.74) is 5.22. The molecule has 3 aromatic rings. The van der Waals surface area contributed by atoms with Gasteiger partial charge in [0, 0.05) is 18.2 Å². The van der Waals surface area contributed by atoms with Gasteiger partial charge < -0.3 is 20.5 Å². The molecule has 1 saturated carbocycles. The summed E-state index contributed by atoms with van der Waals surface area (Å²) in [6.07, 6.45) is 0.718. The topological polar surface area (TPSA) is 105 Å². The van der Waals surface area contributed by atoms with E-state index in [9.17, 15) is 19.5 Å². The molecule has 2 aliphatic rings. The van der Waals surface area contributed by atoms with Crippen LogP contribution in [0.3, 0.4) is 0 Å². The number of benzene rings is 3. The number of carbonyl (C=O) groups is 3. The van der Waals surface area contributed by atoms with Crippen molar-refractivity contribution in [2.75, 3.05) is 18.5 Å². The molecule has 3 N–H and O–H groups in total. The van der Waals surface area contributed by atoms with E-state index in [0.717, 1.165) is 27.8 Å². The smallest absolute Gasteiger partial charge is 0.407 e. The van der Waals surface area contributed by atoms with Gasteiger partial charge in [-0.3, -0.25) is 4.79 Å². The van der Waals surface area contributed by atoms with Gasteiger partial charge in [0.2, 0.25) is 5.91 Å². The Balaban J connectivity index is 1.19. The predicted molar refractivity (Wildman–Crippen MR) is 132 cm³/mol. The van der Waals surface area contributed by atoms with E-state index < -0.39 is 17.5 Å². The highest BCUT2D eigenvalue weighted by Gasteiger charge is 2.50. The van der Waals surface area contributed by atoms with Gasteiger partial charge in [0.1, 0.15) is 6.61 Å². The van der Waals surface area contributed by atoms with Gasteiger partial charge in [-0.15, -0.1) is 0 Å². The lowest BCUT2D eigenvalue weighted by molar-refractivity contribution is -0.120. The monoisotopic (exact) mass is 470 g/mol.